The summed E-state index contributed by atoms with van der Waals surface area (Å²) in [6.07, 6.45) is 8.00. The van der Waals surface area contributed by atoms with Crippen molar-refractivity contribution < 1.29 is 4.79 Å². The zero-order valence-corrected chi connectivity index (χ0v) is 12.6. The van der Waals surface area contributed by atoms with Crippen molar-refractivity contribution >= 4 is 5.78 Å². The lowest BCUT2D eigenvalue weighted by molar-refractivity contribution is -0.117. The van der Waals surface area contributed by atoms with E-state index in [2.05, 4.69) is 28.8 Å². The molecule has 1 saturated carbocycles. The minimum absolute atomic E-state index is 0.232. The number of benzene rings is 1. The number of hydrogen-bond donors (Lipinski definition) is 0. The molecule has 1 aromatic heterocycles. The first-order valence-electron chi connectivity index (χ1n) is 7.82. The minimum Gasteiger partial charge on any atom is -0.299 e. The van der Waals surface area contributed by atoms with Crippen LogP contribution in [0.5, 0.6) is 0 Å². The third-order valence-corrected chi connectivity index (χ3v) is 4.26. The molecule has 1 heterocycles. The number of ketones is 1. The number of rotatable bonds is 5. The van der Waals surface area contributed by atoms with Gasteiger partial charge in [-0.1, -0.05) is 42.7 Å². The second-order valence-electron chi connectivity index (χ2n) is 6.10. The molecule has 21 heavy (non-hydrogen) atoms. The van der Waals surface area contributed by atoms with Gasteiger partial charge in [0.2, 0.25) is 0 Å². The largest absolute Gasteiger partial charge is 0.299 e. The Morgan fingerprint density at radius 1 is 1.14 bits per heavy atom. The molecule has 3 rings (SSSR count). The van der Waals surface area contributed by atoms with Gasteiger partial charge in [0.05, 0.1) is 18.2 Å². The van der Waals surface area contributed by atoms with Crippen LogP contribution >= 0.6 is 0 Å². The lowest BCUT2D eigenvalue weighted by Crippen LogP contribution is -2.09. The fourth-order valence-corrected chi connectivity index (χ4v) is 3.04. The highest BCUT2D eigenvalue weighted by Crippen LogP contribution is 2.28. The maximum absolute atomic E-state index is 12.1. The second-order valence-corrected chi connectivity index (χ2v) is 6.10. The van der Waals surface area contributed by atoms with Crippen LogP contribution in [0.1, 0.15) is 48.5 Å². The summed E-state index contributed by atoms with van der Waals surface area (Å²) in [5, 5.41) is 4.58. The van der Waals surface area contributed by atoms with E-state index in [-0.39, 0.29) is 5.78 Å². The molecule has 3 nitrogen and oxygen atoms in total. The van der Waals surface area contributed by atoms with Gasteiger partial charge in [-0.3, -0.25) is 9.48 Å². The van der Waals surface area contributed by atoms with E-state index < -0.39 is 0 Å². The van der Waals surface area contributed by atoms with Crippen LogP contribution in [0.2, 0.25) is 0 Å². The van der Waals surface area contributed by atoms with Crippen LogP contribution in [0.3, 0.4) is 0 Å². The molecule has 110 valence electrons. The first-order chi connectivity index (χ1) is 10.2. The van der Waals surface area contributed by atoms with E-state index in [4.69, 9.17) is 0 Å². The molecule has 1 aliphatic rings. The maximum Gasteiger partial charge on any atom is 0.143 e. The molecule has 0 N–H and O–H groups in total. The van der Waals surface area contributed by atoms with Crippen molar-refractivity contribution in [2.75, 3.05) is 0 Å². The van der Waals surface area contributed by atoms with Gasteiger partial charge in [-0.05, 0) is 31.4 Å². The van der Waals surface area contributed by atoms with Crippen molar-refractivity contribution in [3.8, 4) is 0 Å². The number of carbonyl (C=O) groups excluding carboxylic acids is 1. The summed E-state index contributed by atoms with van der Waals surface area (Å²) in [5.74, 6) is 0.232. The quantitative estimate of drug-likeness (QED) is 0.839. The highest BCUT2D eigenvalue weighted by molar-refractivity contribution is 5.82. The molecule has 0 unspecified atom stereocenters. The number of aromatic nitrogens is 2. The third-order valence-electron chi connectivity index (χ3n) is 4.26. The number of Topliss-reactive ketones (excluding diaryl/α,β-unsaturated/α-hetero) is 1. The van der Waals surface area contributed by atoms with Gasteiger partial charge in [0.1, 0.15) is 5.78 Å². The van der Waals surface area contributed by atoms with Crippen molar-refractivity contribution in [2.45, 2.75) is 51.5 Å². The predicted molar refractivity (Wildman–Crippen MR) is 83.3 cm³/mol. The Kier molecular flexibility index (Phi) is 4.18. The number of aryl methyl sites for hydroxylation is 1. The van der Waals surface area contributed by atoms with Gasteiger partial charge in [0, 0.05) is 12.6 Å². The van der Waals surface area contributed by atoms with Crippen LogP contribution in [-0.2, 0) is 17.6 Å². The topological polar surface area (TPSA) is 34.9 Å². The molecule has 1 aliphatic carbocycles. The highest BCUT2D eigenvalue weighted by atomic mass is 16.1. The lowest BCUT2D eigenvalue weighted by Gasteiger charge is -2.08. The Morgan fingerprint density at radius 2 is 1.86 bits per heavy atom. The van der Waals surface area contributed by atoms with Gasteiger partial charge in [-0.2, -0.15) is 5.10 Å². The molecular formula is C18H22N2O. The highest BCUT2D eigenvalue weighted by Gasteiger charge is 2.18. The van der Waals surface area contributed by atoms with E-state index in [0.29, 0.717) is 18.9 Å². The van der Waals surface area contributed by atoms with Crippen molar-refractivity contribution in [1.82, 2.24) is 9.78 Å². The molecule has 3 heteroatoms. The summed E-state index contributed by atoms with van der Waals surface area (Å²) in [6, 6.07) is 10.7. The molecule has 0 spiro atoms. The van der Waals surface area contributed by atoms with Gasteiger partial charge in [0.25, 0.3) is 0 Å². The Labute approximate surface area is 126 Å². The van der Waals surface area contributed by atoms with Crippen LogP contribution in [0.4, 0.5) is 0 Å². The molecule has 1 aromatic carbocycles. The van der Waals surface area contributed by atoms with Crippen molar-refractivity contribution in [3.63, 3.8) is 0 Å². The second kappa shape index (κ2) is 6.25. The molecule has 0 atom stereocenters. The summed E-state index contributed by atoms with van der Waals surface area (Å²) in [4.78, 5) is 12.1. The average Bonchev–Trinajstić information content (AvgIpc) is 3.12. The van der Waals surface area contributed by atoms with Gasteiger partial charge >= 0.3 is 0 Å². The van der Waals surface area contributed by atoms with E-state index in [1.807, 2.05) is 24.4 Å². The van der Waals surface area contributed by atoms with E-state index >= 15 is 0 Å². The molecular weight excluding hydrogens is 260 g/mol. The predicted octanol–water partition coefficient (Wildman–Crippen LogP) is 3.66. The number of hydrogen-bond acceptors (Lipinski definition) is 2. The summed E-state index contributed by atoms with van der Waals surface area (Å²) in [7, 11) is 0. The van der Waals surface area contributed by atoms with Gasteiger partial charge in [-0.25, -0.2) is 0 Å². The average molecular weight is 282 g/mol. The summed E-state index contributed by atoms with van der Waals surface area (Å²) in [5.41, 5.74) is 3.21. The molecule has 2 aromatic rings. The van der Waals surface area contributed by atoms with E-state index in [9.17, 15) is 4.79 Å². The lowest BCUT2D eigenvalue weighted by atomic mass is 10.0. The Bertz CT molecular complexity index is 606. The number of carbonyl (C=O) groups is 1. The zero-order valence-electron chi connectivity index (χ0n) is 12.6. The molecule has 0 aliphatic heterocycles. The zero-order chi connectivity index (χ0) is 14.7. The molecule has 0 amide bonds. The first-order valence-corrected chi connectivity index (χ1v) is 7.82. The van der Waals surface area contributed by atoms with Crippen molar-refractivity contribution in [1.29, 1.82) is 0 Å². The fourth-order valence-electron chi connectivity index (χ4n) is 3.04. The smallest absolute Gasteiger partial charge is 0.143 e. The van der Waals surface area contributed by atoms with E-state index in [1.165, 1.54) is 31.2 Å². The SMILES string of the molecule is Cc1ccc(CC(=O)Cc2ccn(C3CCCC3)n2)cc1. The third kappa shape index (κ3) is 3.60. The molecule has 0 radical (unpaired) electrons. The minimum atomic E-state index is 0.232. The molecule has 1 fully saturated rings. The Balaban J connectivity index is 1.58. The van der Waals surface area contributed by atoms with Gasteiger partial charge < -0.3 is 0 Å². The monoisotopic (exact) mass is 282 g/mol. The number of nitrogens with zero attached hydrogens (tertiary/aromatic N) is 2. The summed E-state index contributed by atoms with van der Waals surface area (Å²) in [6.45, 7) is 2.06. The fraction of sp³-hybridized carbons (Fsp3) is 0.444. The standard InChI is InChI=1S/C18H22N2O/c1-14-6-8-15(9-7-14)12-18(21)13-16-10-11-20(19-16)17-4-2-3-5-17/h6-11,17H,2-5,12-13H2,1H3. The van der Waals surface area contributed by atoms with Crippen LogP contribution in [0, 0.1) is 6.92 Å². The van der Waals surface area contributed by atoms with Gasteiger partial charge in [0.15, 0.2) is 0 Å². The van der Waals surface area contributed by atoms with E-state index in [0.717, 1.165) is 11.3 Å². The van der Waals surface area contributed by atoms with Crippen LogP contribution in [0.25, 0.3) is 0 Å². The Morgan fingerprint density at radius 3 is 2.57 bits per heavy atom. The molecule has 0 bridgehead atoms. The molecule has 0 saturated heterocycles. The summed E-state index contributed by atoms with van der Waals surface area (Å²) < 4.78 is 2.06. The van der Waals surface area contributed by atoms with Crippen molar-refractivity contribution in [2.24, 2.45) is 0 Å². The van der Waals surface area contributed by atoms with Crippen LogP contribution < -0.4 is 0 Å². The van der Waals surface area contributed by atoms with Crippen LogP contribution in [-0.4, -0.2) is 15.6 Å². The Hall–Kier alpha value is -1.90. The van der Waals surface area contributed by atoms with Gasteiger partial charge in [-0.15, -0.1) is 0 Å². The normalized spacial score (nSPS) is 15.5. The van der Waals surface area contributed by atoms with Crippen molar-refractivity contribution in [3.05, 3.63) is 53.3 Å². The first kappa shape index (κ1) is 14.1. The van der Waals surface area contributed by atoms with Crippen LogP contribution in [0.15, 0.2) is 36.5 Å². The summed E-state index contributed by atoms with van der Waals surface area (Å²) >= 11 is 0. The maximum atomic E-state index is 12.1. The van der Waals surface area contributed by atoms with E-state index in [1.54, 1.807) is 0 Å².